The fourth-order valence-electron chi connectivity index (χ4n) is 2.45. The van der Waals surface area contributed by atoms with Crippen molar-refractivity contribution in [3.05, 3.63) is 59.7 Å². The lowest BCUT2D eigenvalue weighted by molar-refractivity contribution is -0.118. The number of anilines is 1. The number of carbonyl (C=O) groups excluding carboxylic acids is 3. The molecular formula is C20H23N3O4. The molecule has 0 radical (unpaired) electrons. The third kappa shape index (κ3) is 5.57. The van der Waals surface area contributed by atoms with E-state index in [9.17, 15) is 14.4 Å². The van der Waals surface area contributed by atoms with Crippen LogP contribution in [-0.4, -0.2) is 42.3 Å². The van der Waals surface area contributed by atoms with E-state index in [1.54, 1.807) is 41.3 Å². The zero-order chi connectivity index (χ0) is 19.8. The SMILES string of the molecule is CCN(CC)C(=O)c1ccc(NC(=O)COc2ccc(C(N)=O)cc2)cc1. The van der Waals surface area contributed by atoms with E-state index in [0.717, 1.165) is 0 Å². The molecule has 2 aromatic carbocycles. The van der Waals surface area contributed by atoms with Gasteiger partial charge in [0.1, 0.15) is 5.75 Å². The monoisotopic (exact) mass is 369 g/mol. The average molecular weight is 369 g/mol. The minimum Gasteiger partial charge on any atom is -0.484 e. The highest BCUT2D eigenvalue weighted by Crippen LogP contribution is 2.14. The number of nitrogens with two attached hydrogens (primary N) is 1. The summed E-state index contributed by atoms with van der Waals surface area (Å²) in [5, 5.41) is 2.70. The average Bonchev–Trinajstić information content (AvgIpc) is 2.68. The summed E-state index contributed by atoms with van der Waals surface area (Å²) in [7, 11) is 0. The molecule has 7 nitrogen and oxygen atoms in total. The van der Waals surface area contributed by atoms with Crippen LogP contribution in [0.4, 0.5) is 5.69 Å². The third-order valence-electron chi connectivity index (χ3n) is 3.98. The predicted molar refractivity (Wildman–Crippen MR) is 103 cm³/mol. The first-order valence-electron chi connectivity index (χ1n) is 8.66. The topological polar surface area (TPSA) is 102 Å². The molecule has 0 saturated carbocycles. The maximum absolute atomic E-state index is 12.3. The lowest BCUT2D eigenvalue weighted by atomic mass is 10.2. The molecule has 2 rings (SSSR count). The van der Waals surface area contributed by atoms with Gasteiger partial charge < -0.3 is 20.7 Å². The van der Waals surface area contributed by atoms with E-state index in [4.69, 9.17) is 10.5 Å². The van der Waals surface area contributed by atoms with Gasteiger partial charge in [-0.1, -0.05) is 0 Å². The molecule has 0 aliphatic carbocycles. The Bertz CT molecular complexity index is 797. The first-order valence-corrected chi connectivity index (χ1v) is 8.66. The van der Waals surface area contributed by atoms with Crippen molar-refractivity contribution in [1.29, 1.82) is 0 Å². The van der Waals surface area contributed by atoms with E-state index in [1.165, 1.54) is 12.1 Å². The Morgan fingerprint density at radius 3 is 2.00 bits per heavy atom. The maximum Gasteiger partial charge on any atom is 0.262 e. The van der Waals surface area contributed by atoms with E-state index >= 15 is 0 Å². The highest BCUT2D eigenvalue weighted by molar-refractivity contribution is 5.96. The second kappa shape index (κ2) is 9.38. The number of nitrogens with one attached hydrogen (secondary N) is 1. The molecule has 0 aliphatic heterocycles. The Morgan fingerprint density at radius 2 is 1.48 bits per heavy atom. The van der Waals surface area contributed by atoms with Crippen molar-refractivity contribution in [2.75, 3.05) is 25.0 Å². The molecule has 0 bridgehead atoms. The smallest absolute Gasteiger partial charge is 0.262 e. The summed E-state index contributed by atoms with van der Waals surface area (Å²) in [6.45, 7) is 4.96. The summed E-state index contributed by atoms with van der Waals surface area (Å²) in [5.41, 5.74) is 6.68. The molecule has 3 amide bonds. The van der Waals surface area contributed by atoms with Crippen molar-refractivity contribution in [3.8, 4) is 5.75 Å². The van der Waals surface area contributed by atoms with Gasteiger partial charge in [-0.2, -0.15) is 0 Å². The molecular weight excluding hydrogens is 346 g/mol. The van der Waals surface area contributed by atoms with Gasteiger partial charge in [0, 0.05) is 29.9 Å². The molecule has 0 spiro atoms. The first kappa shape index (κ1) is 20.0. The van der Waals surface area contributed by atoms with Crippen LogP contribution in [0.1, 0.15) is 34.6 Å². The Hall–Kier alpha value is -3.35. The number of carbonyl (C=O) groups is 3. The molecule has 7 heteroatoms. The molecule has 142 valence electrons. The summed E-state index contributed by atoms with van der Waals surface area (Å²) in [4.78, 5) is 37.0. The van der Waals surface area contributed by atoms with Gasteiger partial charge in [-0.25, -0.2) is 0 Å². The van der Waals surface area contributed by atoms with Crippen LogP contribution in [-0.2, 0) is 4.79 Å². The molecule has 0 aromatic heterocycles. The third-order valence-corrected chi connectivity index (χ3v) is 3.98. The van der Waals surface area contributed by atoms with Crippen molar-refractivity contribution in [2.24, 2.45) is 5.73 Å². The first-order chi connectivity index (χ1) is 12.9. The number of nitrogens with zero attached hydrogens (tertiary/aromatic N) is 1. The van der Waals surface area contributed by atoms with Crippen LogP contribution < -0.4 is 15.8 Å². The van der Waals surface area contributed by atoms with Crippen molar-refractivity contribution in [1.82, 2.24) is 4.90 Å². The van der Waals surface area contributed by atoms with Crippen LogP contribution >= 0.6 is 0 Å². The molecule has 0 aliphatic rings. The summed E-state index contributed by atoms with van der Waals surface area (Å²) in [6.07, 6.45) is 0. The minimum absolute atomic E-state index is 0.0411. The Kier molecular flexibility index (Phi) is 6.93. The quantitative estimate of drug-likeness (QED) is 0.745. The predicted octanol–water partition coefficient (Wildman–Crippen LogP) is 2.29. The van der Waals surface area contributed by atoms with Crippen LogP contribution in [0.2, 0.25) is 0 Å². The fraction of sp³-hybridized carbons (Fsp3) is 0.250. The van der Waals surface area contributed by atoms with Crippen LogP contribution in [0.3, 0.4) is 0 Å². The van der Waals surface area contributed by atoms with Crippen LogP contribution in [0, 0.1) is 0 Å². The molecule has 0 saturated heterocycles. The van der Waals surface area contributed by atoms with E-state index in [0.29, 0.717) is 35.7 Å². The van der Waals surface area contributed by atoms with Crippen molar-refractivity contribution in [3.63, 3.8) is 0 Å². The molecule has 3 N–H and O–H groups in total. The Balaban J connectivity index is 1.88. The zero-order valence-electron chi connectivity index (χ0n) is 15.4. The summed E-state index contributed by atoms with van der Waals surface area (Å²) >= 11 is 0. The van der Waals surface area contributed by atoms with Crippen LogP contribution in [0.5, 0.6) is 5.75 Å². The van der Waals surface area contributed by atoms with Gasteiger partial charge in [-0.15, -0.1) is 0 Å². The van der Waals surface area contributed by atoms with Crippen molar-refractivity contribution < 1.29 is 19.1 Å². The normalized spacial score (nSPS) is 10.1. The molecule has 0 atom stereocenters. The molecule has 0 fully saturated rings. The second-order valence-electron chi connectivity index (χ2n) is 5.78. The summed E-state index contributed by atoms with van der Waals surface area (Å²) in [6, 6.07) is 12.9. The number of primary amides is 1. The van der Waals surface area contributed by atoms with E-state index in [1.807, 2.05) is 13.8 Å². The van der Waals surface area contributed by atoms with Gasteiger partial charge in [0.2, 0.25) is 5.91 Å². The van der Waals surface area contributed by atoms with E-state index < -0.39 is 5.91 Å². The van der Waals surface area contributed by atoms with Gasteiger partial charge in [0.25, 0.3) is 11.8 Å². The number of benzene rings is 2. The summed E-state index contributed by atoms with van der Waals surface area (Å²) < 4.78 is 5.37. The maximum atomic E-state index is 12.3. The number of ether oxygens (including phenoxy) is 1. The summed E-state index contributed by atoms with van der Waals surface area (Å²) in [5.74, 6) is -0.449. The number of hydrogen-bond donors (Lipinski definition) is 2. The van der Waals surface area contributed by atoms with Gasteiger partial charge >= 0.3 is 0 Å². The minimum atomic E-state index is -0.526. The lowest BCUT2D eigenvalue weighted by Gasteiger charge is -2.18. The molecule has 0 heterocycles. The van der Waals surface area contributed by atoms with Crippen LogP contribution in [0.25, 0.3) is 0 Å². The largest absolute Gasteiger partial charge is 0.484 e. The zero-order valence-corrected chi connectivity index (χ0v) is 15.4. The van der Waals surface area contributed by atoms with E-state index in [2.05, 4.69) is 5.32 Å². The van der Waals surface area contributed by atoms with Crippen LogP contribution in [0.15, 0.2) is 48.5 Å². The fourth-order valence-corrected chi connectivity index (χ4v) is 2.45. The number of amides is 3. The van der Waals surface area contributed by atoms with Gasteiger partial charge in [-0.3, -0.25) is 14.4 Å². The standard InChI is InChI=1S/C20H23N3O4/c1-3-23(4-2)20(26)15-5-9-16(10-6-15)22-18(24)13-27-17-11-7-14(8-12-17)19(21)25/h5-12H,3-4,13H2,1-2H3,(H2,21,25)(H,22,24). The molecule has 27 heavy (non-hydrogen) atoms. The van der Waals surface area contributed by atoms with E-state index in [-0.39, 0.29) is 18.4 Å². The van der Waals surface area contributed by atoms with Gasteiger partial charge in [0.05, 0.1) is 0 Å². The Labute approximate surface area is 158 Å². The van der Waals surface area contributed by atoms with Gasteiger partial charge in [0.15, 0.2) is 6.61 Å². The Morgan fingerprint density at radius 1 is 0.926 bits per heavy atom. The van der Waals surface area contributed by atoms with Crippen molar-refractivity contribution in [2.45, 2.75) is 13.8 Å². The highest BCUT2D eigenvalue weighted by atomic mass is 16.5. The van der Waals surface area contributed by atoms with Crippen molar-refractivity contribution >= 4 is 23.4 Å². The lowest BCUT2D eigenvalue weighted by Crippen LogP contribution is -2.30. The second-order valence-corrected chi connectivity index (χ2v) is 5.78. The van der Waals surface area contributed by atoms with Gasteiger partial charge in [-0.05, 0) is 62.4 Å². The highest BCUT2D eigenvalue weighted by Gasteiger charge is 2.12. The number of rotatable bonds is 8. The molecule has 0 unspecified atom stereocenters. The molecule has 2 aromatic rings. The number of hydrogen-bond acceptors (Lipinski definition) is 4.